The van der Waals surface area contributed by atoms with Gasteiger partial charge < -0.3 is 5.11 Å². The Labute approximate surface area is 91.3 Å². The van der Waals surface area contributed by atoms with E-state index in [9.17, 15) is 9.59 Å². The minimum atomic E-state index is -1.10. The van der Waals surface area contributed by atoms with Crippen molar-refractivity contribution in [1.82, 2.24) is 0 Å². The fourth-order valence-electron chi connectivity index (χ4n) is 1.10. The molecule has 0 aromatic rings. The van der Waals surface area contributed by atoms with Gasteiger partial charge in [-0.3, -0.25) is 4.79 Å². The van der Waals surface area contributed by atoms with Crippen LogP contribution < -0.4 is 0 Å². The molecule has 1 N–H and O–H groups in total. The number of Topliss-reactive ketones (excluding diaryl/α,β-unsaturated/α-hetero) is 1. The molecule has 0 atom stereocenters. The highest BCUT2D eigenvalue weighted by molar-refractivity contribution is 8.22. The summed E-state index contributed by atoms with van der Waals surface area (Å²) in [5.74, 6) is 0.363. The van der Waals surface area contributed by atoms with Crippen LogP contribution in [-0.2, 0) is 9.59 Å². The molecule has 1 heterocycles. The molecule has 1 aliphatic heterocycles. The zero-order valence-corrected chi connectivity index (χ0v) is 9.54. The second-order valence-electron chi connectivity index (χ2n) is 2.93. The molecule has 1 saturated heterocycles. The number of carboxylic acid groups (broad SMARTS) is 1. The van der Waals surface area contributed by atoms with Crippen LogP contribution in [-0.4, -0.2) is 28.4 Å². The lowest BCUT2D eigenvalue weighted by atomic mass is 10.2. The number of hydrogen-bond donors (Lipinski definition) is 1. The third-order valence-corrected chi connectivity index (χ3v) is 4.40. The molecule has 0 amide bonds. The number of hydrogen-bond acceptors (Lipinski definition) is 4. The summed E-state index contributed by atoms with van der Waals surface area (Å²) in [6, 6.07) is 0. The minimum absolute atomic E-state index is 0.0399. The molecule has 0 radical (unpaired) electrons. The first-order valence-electron chi connectivity index (χ1n) is 4.37. The van der Waals surface area contributed by atoms with Crippen LogP contribution >= 0.6 is 23.5 Å². The summed E-state index contributed by atoms with van der Waals surface area (Å²) in [5, 5.41) is 8.88. The van der Waals surface area contributed by atoms with Crippen LogP contribution in [0.1, 0.15) is 19.8 Å². The highest BCUT2D eigenvalue weighted by atomic mass is 32.2. The predicted molar refractivity (Wildman–Crippen MR) is 59.5 cm³/mol. The molecule has 3 nitrogen and oxygen atoms in total. The molecule has 0 aromatic carbocycles. The van der Waals surface area contributed by atoms with Crippen LogP contribution in [0.5, 0.6) is 0 Å². The van der Waals surface area contributed by atoms with Crippen LogP contribution in [0, 0.1) is 0 Å². The lowest BCUT2D eigenvalue weighted by Gasteiger charge is -2.05. The Balaban J connectivity index is 2.94. The van der Waals surface area contributed by atoms with Crippen LogP contribution in [0.2, 0.25) is 0 Å². The smallest absolute Gasteiger partial charge is 0.341 e. The van der Waals surface area contributed by atoms with Gasteiger partial charge in [-0.05, 0) is 31.3 Å². The first-order valence-corrected chi connectivity index (χ1v) is 6.34. The minimum Gasteiger partial charge on any atom is -0.478 e. The van der Waals surface area contributed by atoms with Crippen molar-refractivity contribution in [1.29, 1.82) is 0 Å². The second-order valence-corrected chi connectivity index (χ2v) is 5.40. The SMILES string of the molecule is CC(=O)C(C(=O)O)=C1SCCCCS1. The Hall–Kier alpha value is -0.420. The van der Waals surface area contributed by atoms with Crippen molar-refractivity contribution in [2.75, 3.05) is 11.5 Å². The van der Waals surface area contributed by atoms with E-state index in [1.54, 1.807) is 0 Å². The van der Waals surface area contributed by atoms with Gasteiger partial charge in [-0.15, -0.1) is 23.5 Å². The maximum absolute atomic E-state index is 11.1. The quantitative estimate of drug-likeness (QED) is 0.449. The van der Waals surface area contributed by atoms with Gasteiger partial charge in [0.15, 0.2) is 5.78 Å². The molecule has 0 bridgehead atoms. The molecular weight excluding hydrogens is 220 g/mol. The lowest BCUT2D eigenvalue weighted by molar-refractivity contribution is -0.134. The third kappa shape index (κ3) is 3.06. The van der Waals surface area contributed by atoms with Crippen LogP contribution in [0.15, 0.2) is 9.81 Å². The highest BCUT2D eigenvalue weighted by Crippen LogP contribution is 2.36. The van der Waals surface area contributed by atoms with Gasteiger partial charge in [0.2, 0.25) is 0 Å². The van der Waals surface area contributed by atoms with E-state index in [0.717, 1.165) is 24.3 Å². The molecule has 0 saturated carbocycles. The topological polar surface area (TPSA) is 54.4 Å². The summed E-state index contributed by atoms with van der Waals surface area (Å²) >= 11 is 2.98. The highest BCUT2D eigenvalue weighted by Gasteiger charge is 2.20. The number of aliphatic carboxylic acids is 1. The fourth-order valence-corrected chi connectivity index (χ4v) is 3.75. The van der Waals surface area contributed by atoms with E-state index in [1.165, 1.54) is 30.4 Å². The van der Waals surface area contributed by atoms with E-state index in [0.29, 0.717) is 4.24 Å². The summed E-state index contributed by atoms with van der Waals surface area (Å²) in [7, 11) is 0. The van der Waals surface area contributed by atoms with Crippen molar-refractivity contribution in [3.05, 3.63) is 9.81 Å². The van der Waals surface area contributed by atoms with E-state index in [2.05, 4.69) is 0 Å². The van der Waals surface area contributed by atoms with Crippen molar-refractivity contribution in [3.63, 3.8) is 0 Å². The molecule has 0 spiro atoms. The predicted octanol–water partition coefficient (Wildman–Crippen LogP) is 2.13. The molecule has 14 heavy (non-hydrogen) atoms. The average Bonchev–Trinajstić information content (AvgIpc) is 2.31. The number of rotatable bonds is 2. The third-order valence-electron chi connectivity index (χ3n) is 1.78. The molecular formula is C9H12O3S2. The Morgan fingerprint density at radius 1 is 1.21 bits per heavy atom. The Bertz CT molecular complexity index is 258. The van der Waals surface area contributed by atoms with Gasteiger partial charge in [0.05, 0.1) is 4.24 Å². The summed E-state index contributed by atoms with van der Waals surface area (Å²) in [5.41, 5.74) is -0.0399. The van der Waals surface area contributed by atoms with Gasteiger partial charge in [-0.2, -0.15) is 0 Å². The summed E-state index contributed by atoms with van der Waals surface area (Å²) < 4.78 is 0.683. The van der Waals surface area contributed by atoms with Crippen molar-refractivity contribution in [2.24, 2.45) is 0 Å². The summed E-state index contributed by atoms with van der Waals surface area (Å²) in [6.07, 6.45) is 2.18. The maximum atomic E-state index is 11.1. The number of ketones is 1. The van der Waals surface area contributed by atoms with Crippen LogP contribution in [0.3, 0.4) is 0 Å². The maximum Gasteiger partial charge on any atom is 0.341 e. The normalized spacial score (nSPS) is 17.4. The fraction of sp³-hybridized carbons (Fsp3) is 0.556. The van der Waals surface area contributed by atoms with Gasteiger partial charge in [0.25, 0.3) is 0 Å². The van der Waals surface area contributed by atoms with Crippen LogP contribution in [0.25, 0.3) is 0 Å². The molecule has 0 aliphatic carbocycles. The second kappa shape index (κ2) is 5.46. The van der Waals surface area contributed by atoms with E-state index < -0.39 is 5.97 Å². The Morgan fingerprint density at radius 2 is 1.71 bits per heavy atom. The van der Waals surface area contributed by atoms with E-state index in [-0.39, 0.29) is 11.4 Å². The largest absolute Gasteiger partial charge is 0.478 e. The van der Waals surface area contributed by atoms with Crippen molar-refractivity contribution in [3.8, 4) is 0 Å². The number of carbonyl (C=O) groups excluding carboxylic acids is 1. The van der Waals surface area contributed by atoms with Gasteiger partial charge in [-0.1, -0.05) is 0 Å². The first kappa shape index (κ1) is 11.7. The zero-order chi connectivity index (χ0) is 10.6. The van der Waals surface area contributed by atoms with Gasteiger partial charge in [0.1, 0.15) is 5.57 Å². The Morgan fingerprint density at radius 3 is 2.07 bits per heavy atom. The van der Waals surface area contributed by atoms with Crippen molar-refractivity contribution in [2.45, 2.75) is 19.8 Å². The summed E-state index contributed by atoms with van der Waals surface area (Å²) in [4.78, 5) is 22.0. The number of carbonyl (C=O) groups is 2. The first-order chi connectivity index (χ1) is 6.63. The molecule has 78 valence electrons. The standard InChI is InChI=1S/C9H12O3S2/c1-6(10)7(8(11)12)9-13-4-2-3-5-14-9/h2-5H2,1H3,(H,11,12). The van der Waals surface area contributed by atoms with E-state index in [4.69, 9.17) is 5.11 Å². The molecule has 1 rings (SSSR count). The Kier molecular flexibility index (Phi) is 4.54. The molecule has 0 aromatic heterocycles. The number of thioether (sulfide) groups is 2. The van der Waals surface area contributed by atoms with Crippen LogP contribution in [0.4, 0.5) is 0 Å². The number of carboxylic acids is 1. The average molecular weight is 232 g/mol. The van der Waals surface area contributed by atoms with Gasteiger partial charge in [-0.25, -0.2) is 4.79 Å². The van der Waals surface area contributed by atoms with E-state index >= 15 is 0 Å². The molecule has 5 heteroatoms. The molecule has 1 fully saturated rings. The zero-order valence-electron chi connectivity index (χ0n) is 7.91. The molecule has 0 unspecified atom stereocenters. The lowest BCUT2D eigenvalue weighted by Crippen LogP contribution is -2.10. The monoisotopic (exact) mass is 232 g/mol. The van der Waals surface area contributed by atoms with Crippen molar-refractivity contribution >= 4 is 35.3 Å². The van der Waals surface area contributed by atoms with Gasteiger partial charge in [0, 0.05) is 0 Å². The van der Waals surface area contributed by atoms with Gasteiger partial charge >= 0.3 is 5.97 Å². The summed E-state index contributed by atoms with van der Waals surface area (Å²) in [6.45, 7) is 1.31. The van der Waals surface area contributed by atoms with E-state index in [1.807, 2.05) is 0 Å². The van der Waals surface area contributed by atoms with Crippen molar-refractivity contribution < 1.29 is 14.7 Å². The molecule has 1 aliphatic rings.